The monoisotopic (exact) mass is 336 g/mol. The molecule has 2 nitrogen and oxygen atoms in total. The maximum Gasteiger partial charge on any atom is 0.0936 e. The van der Waals surface area contributed by atoms with Gasteiger partial charge in [-0.2, -0.15) is 0 Å². The molecule has 0 saturated carbocycles. The molecule has 2 aromatic carbocycles. The second-order valence-corrected chi connectivity index (χ2v) is 7.07. The molecule has 0 heterocycles. The molecule has 0 atom stereocenters. The van der Waals surface area contributed by atoms with Crippen LogP contribution in [0.1, 0.15) is 63.5 Å². The Morgan fingerprint density at radius 2 is 1.72 bits per heavy atom. The van der Waals surface area contributed by atoms with E-state index in [0.717, 1.165) is 23.4 Å². The highest BCUT2D eigenvalue weighted by Crippen LogP contribution is 2.37. The topological polar surface area (TPSA) is 38.4 Å². The molecule has 0 bridgehead atoms. The molecule has 0 aliphatic heterocycles. The third-order valence-corrected chi connectivity index (χ3v) is 4.68. The van der Waals surface area contributed by atoms with Crippen LogP contribution in [0.5, 0.6) is 0 Å². The van der Waals surface area contributed by atoms with Crippen LogP contribution in [0.3, 0.4) is 0 Å². The highest BCUT2D eigenvalue weighted by molar-refractivity contribution is 5.92. The van der Waals surface area contributed by atoms with Crippen LogP contribution in [0, 0.1) is 13.8 Å². The van der Waals surface area contributed by atoms with E-state index >= 15 is 0 Å². The lowest BCUT2D eigenvalue weighted by molar-refractivity contribution is 0.643. The number of anilines is 1. The lowest BCUT2D eigenvalue weighted by Gasteiger charge is -2.13. The van der Waals surface area contributed by atoms with Crippen molar-refractivity contribution < 1.29 is 0 Å². The summed E-state index contributed by atoms with van der Waals surface area (Å²) in [4.78, 5) is 4.91. The lowest BCUT2D eigenvalue weighted by Crippen LogP contribution is -1.95. The van der Waals surface area contributed by atoms with Crippen LogP contribution >= 0.6 is 0 Å². The van der Waals surface area contributed by atoms with Crippen LogP contribution in [0.4, 0.5) is 11.4 Å². The van der Waals surface area contributed by atoms with E-state index in [4.69, 9.17) is 10.7 Å². The molecular formula is C23H32N2. The molecule has 0 fully saturated rings. The van der Waals surface area contributed by atoms with Crippen molar-refractivity contribution in [2.75, 3.05) is 5.73 Å². The summed E-state index contributed by atoms with van der Waals surface area (Å²) in [6.07, 6.45) is 7.48. The molecule has 0 radical (unpaired) electrons. The predicted octanol–water partition coefficient (Wildman–Crippen LogP) is 7.01. The smallest absolute Gasteiger partial charge is 0.0936 e. The zero-order chi connectivity index (χ0) is 18.2. The predicted molar refractivity (Wildman–Crippen MR) is 112 cm³/mol. The van der Waals surface area contributed by atoms with Crippen LogP contribution in [0.25, 0.3) is 11.1 Å². The van der Waals surface area contributed by atoms with E-state index in [-0.39, 0.29) is 0 Å². The number of aliphatic imine (C=N–C) groups is 1. The number of rotatable bonds is 8. The van der Waals surface area contributed by atoms with Crippen molar-refractivity contribution in [3.05, 3.63) is 47.5 Å². The molecular weight excluding hydrogens is 304 g/mol. The average Bonchev–Trinajstić information content (AvgIpc) is 2.57. The Morgan fingerprint density at radius 1 is 0.960 bits per heavy atom. The van der Waals surface area contributed by atoms with Gasteiger partial charge in [0.15, 0.2) is 0 Å². The van der Waals surface area contributed by atoms with E-state index < -0.39 is 0 Å². The fourth-order valence-electron chi connectivity index (χ4n) is 3.25. The van der Waals surface area contributed by atoms with Gasteiger partial charge >= 0.3 is 0 Å². The molecule has 0 saturated heterocycles. The molecule has 0 spiro atoms. The van der Waals surface area contributed by atoms with Gasteiger partial charge in [0.25, 0.3) is 0 Å². The molecule has 2 aromatic rings. The van der Waals surface area contributed by atoms with Crippen molar-refractivity contribution in [2.24, 2.45) is 4.99 Å². The quantitative estimate of drug-likeness (QED) is 0.314. The third kappa shape index (κ3) is 5.45. The van der Waals surface area contributed by atoms with Gasteiger partial charge in [0.05, 0.1) is 11.4 Å². The number of nitrogen functional groups attached to an aromatic ring is 1. The Balaban J connectivity index is 2.24. The van der Waals surface area contributed by atoms with Crippen LogP contribution in [0.2, 0.25) is 0 Å². The standard InChI is InChI=1S/C23H32N2/c1-5-6-7-8-9-11-19(4)25-23-21(12-10-13-22(23)24)20-15-14-17(2)16-18(20)3/h10,12-16H,5-9,11,24H2,1-4H3. The molecule has 2 N–H and O–H groups in total. The van der Waals surface area contributed by atoms with Crippen LogP contribution in [-0.2, 0) is 0 Å². The van der Waals surface area contributed by atoms with E-state index in [1.54, 1.807) is 0 Å². The molecule has 0 amide bonds. The first-order chi connectivity index (χ1) is 12.0. The Hall–Kier alpha value is -2.09. The van der Waals surface area contributed by atoms with Gasteiger partial charge in [-0.25, -0.2) is 0 Å². The van der Waals surface area contributed by atoms with Gasteiger partial charge in [-0.1, -0.05) is 68.5 Å². The van der Waals surface area contributed by atoms with E-state index in [1.807, 2.05) is 12.1 Å². The summed E-state index contributed by atoms with van der Waals surface area (Å²) in [5, 5.41) is 0. The van der Waals surface area contributed by atoms with E-state index in [1.165, 1.54) is 54.5 Å². The molecule has 2 heteroatoms. The Kier molecular flexibility index (Phi) is 7.24. The maximum atomic E-state index is 6.27. The van der Waals surface area contributed by atoms with Crippen molar-refractivity contribution in [3.63, 3.8) is 0 Å². The Bertz CT molecular complexity index is 729. The summed E-state index contributed by atoms with van der Waals surface area (Å²) < 4.78 is 0. The first kappa shape index (κ1) is 19.2. The number of aryl methyl sites for hydroxylation is 2. The highest BCUT2D eigenvalue weighted by atomic mass is 14.8. The summed E-state index contributed by atoms with van der Waals surface area (Å²) in [7, 11) is 0. The number of para-hydroxylation sites is 1. The van der Waals surface area contributed by atoms with Crippen molar-refractivity contribution in [2.45, 2.75) is 66.2 Å². The number of benzene rings is 2. The van der Waals surface area contributed by atoms with Crippen LogP contribution in [0.15, 0.2) is 41.4 Å². The van der Waals surface area contributed by atoms with Crippen LogP contribution in [-0.4, -0.2) is 5.71 Å². The first-order valence-corrected chi connectivity index (χ1v) is 9.53. The van der Waals surface area contributed by atoms with Gasteiger partial charge in [-0.15, -0.1) is 0 Å². The SMILES string of the molecule is CCCCCCCC(C)=Nc1c(N)cccc1-c1ccc(C)cc1C. The van der Waals surface area contributed by atoms with Gasteiger partial charge in [-0.3, -0.25) is 4.99 Å². The first-order valence-electron chi connectivity index (χ1n) is 9.53. The fourth-order valence-corrected chi connectivity index (χ4v) is 3.25. The van der Waals surface area contributed by atoms with Crippen LogP contribution < -0.4 is 5.73 Å². The van der Waals surface area contributed by atoms with E-state index in [2.05, 4.69) is 52.0 Å². The molecule has 0 unspecified atom stereocenters. The van der Waals surface area contributed by atoms with Crippen molar-refractivity contribution in [1.82, 2.24) is 0 Å². The number of unbranched alkanes of at least 4 members (excludes halogenated alkanes) is 4. The minimum atomic E-state index is 0.753. The number of hydrogen-bond donors (Lipinski definition) is 1. The zero-order valence-corrected chi connectivity index (χ0v) is 16.2. The van der Waals surface area contributed by atoms with Gasteiger partial charge in [0.1, 0.15) is 0 Å². The largest absolute Gasteiger partial charge is 0.397 e. The maximum absolute atomic E-state index is 6.27. The molecule has 25 heavy (non-hydrogen) atoms. The summed E-state index contributed by atoms with van der Waals surface area (Å²) in [5.74, 6) is 0. The summed E-state index contributed by atoms with van der Waals surface area (Å²) in [6.45, 7) is 8.65. The normalized spacial score (nSPS) is 11.8. The lowest BCUT2D eigenvalue weighted by atomic mass is 9.96. The second kappa shape index (κ2) is 9.41. The Morgan fingerprint density at radius 3 is 2.44 bits per heavy atom. The van der Waals surface area contributed by atoms with Crippen molar-refractivity contribution in [1.29, 1.82) is 0 Å². The molecule has 0 aliphatic carbocycles. The fraction of sp³-hybridized carbons (Fsp3) is 0.435. The summed E-state index contributed by atoms with van der Waals surface area (Å²) in [6, 6.07) is 12.6. The van der Waals surface area contributed by atoms with Gasteiger partial charge < -0.3 is 5.73 Å². The number of nitrogens with two attached hydrogens (primary N) is 1. The van der Waals surface area contributed by atoms with E-state index in [9.17, 15) is 0 Å². The Labute approximate surface area is 153 Å². The van der Waals surface area contributed by atoms with E-state index in [0.29, 0.717) is 0 Å². The van der Waals surface area contributed by atoms with Crippen molar-refractivity contribution in [3.8, 4) is 11.1 Å². The highest BCUT2D eigenvalue weighted by Gasteiger charge is 2.10. The van der Waals surface area contributed by atoms with Gasteiger partial charge in [0, 0.05) is 11.3 Å². The second-order valence-electron chi connectivity index (χ2n) is 7.07. The number of hydrogen-bond acceptors (Lipinski definition) is 2. The third-order valence-electron chi connectivity index (χ3n) is 4.68. The summed E-state index contributed by atoms with van der Waals surface area (Å²) in [5.41, 5.74) is 14.0. The molecule has 134 valence electrons. The van der Waals surface area contributed by atoms with Gasteiger partial charge in [-0.05, 0) is 50.8 Å². The molecule has 2 rings (SSSR count). The van der Waals surface area contributed by atoms with Gasteiger partial charge in [0.2, 0.25) is 0 Å². The minimum Gasteiger partial charge on any atom is -0.397 e. The average molecular weight is 337 g/mol. The number of nitrogens with zero attached hydrogens (tertiary/aromatic N) is 1. The summed E-state index contributed by atoms with van der Waals surface area (Å²) >= 11 is 0. The molecule has 0 aromatic heterocycles. The van der Waals surface area contributed by atoms with Crippen molar-refractivity contribution >= 4 is 17.1 Å². The molecule has 0 aliphatic rings. The minimum absolute atomic E-state index is 0.753. The zero-order valence-electron chi connectivity index (χ0n) is 16.2.